The van der Waals surface area contributed by atoms with Gasteiger partial charge >= 0.3 is 0 Å². The molecule has 96 valence electrons. The smallest absolute Gasteiger partial charge is 0.118 e. The molecule has 1 aromatic carbocycles. The Hall–Kier alpha value is -1.02. The van der Waals surface area contributed by atoms with Crippen molar-refractivity contribution in [2.75, 3.05) is 7.11 Å². The van der Waals surface area contributed by atoms with E-state index < -0.39 is 0 Å². The predicted molar refractivity (Wildman–Crippen MR) is 73.4 cm³/mol. The van der Waals surface area contributed by atoms with Crippen LogP contribution in [0.15, 0.2) is 24.3 Å². The molecule has 0 fully saturated rings. The highest BCUT2D eigenvalue weighted by atomic mass is 16.5. The largest absolute Gasteiger partial charge is 0.497 e. The Morgan fingerprint density at radius 2 is 1.88 bits per heavy atom. The Kier molecular flexibility index (Phi) is 6.06. The van der Waals surface area contributed by atoms with E-state index in [0.717, 1.165) is 12.2 Å². The molecule has 0 radical (unpaired) electrons. The first-order valence-corrected chi connectivity index (χ1v) is 6.55. The summed E-state index contributed by atoms with van der Waals surface area (Å²) in [7, 11) is 1.69. The van der Waals surface area contributed by atoms with Crippen molar-refractivity contribution in [2.24, 2.45) is 11.7 Å². The summed E-state index contributed by atoms with van der Waals surface area (Å²) in [6, 6.07) is 8.46. The van der Waals surface area contributed by atoms with Crippen LogP contribution < -0.4 is 10.5 Å². The van der Waals surface area contributed by atoms with Crippen molar-refractivity contribution < 1.29 is 4.74 Å². The van der Waals surface area contributed by atoms with Crippen molar-refractivity contribution in [3.05, 3.63) is 29.8 Å². The molecule has 0 aliphatic rings. The molecule has 0 aliphatic carbocycles. The van der Waals surface area contributed by atoms with Crippen molar-refractivity contribution in [3.63, 3.8) is 0 Å². The second kappa shape index (κ2) is 7.33. The molecule has 0 spiro atoms. The SMILES string of the molecule is CCCCC(C)C(N)Cc1ccc(OC)cc1. The van der Waals surface area contributed by atoms with E-state index in [-0.39, 0.29) is 6.04 Å². The maximum absolute atomic E-state index is 6.23. The Morgan fingerprint density at radius 1 is 1.24 bits per heavy atom. The minimum Gasteiger partial charge on any atom is -0.497 e. The number of unbranched alkanes of at least 4 members (excludes halogenated alkanes) is 1. The number of rotatable bonds is 7. The van der Waals surface area contributed by atoms with E-state index in [1.807, 2.05) is 12.1 Å². The van der Waals surface area contributed by atoms with Gasteiger partial charge in [-0.1, -0.05) is 38.8 Å². The van der Waals surface area contributed by atoms with Crippen LogP contribution in [0.4, 0.5) is 0 Å². The Morgan fingerprint density at radius 3 is 2.41 bits per heavy atom. The van der Waals surface area contributed by atoms with Gasteiger partial charge in [0.2, 0.25) is 0 Å². The molecule has 0 saturated heterocycles. The summed E-state index contributed by atoms with van der Waals surface area (Å²) in [6.07, 6.45) is 4.71. The van der Waals surface area contributed by atoms with Crippen LogP contribution in [0, 0.1) is 5.92 Å². The van der Waals surface area contributed by atoms with Gasteiger partial charge < -0.3 is 10.5 Å². The summed E-state index contributed by atoms with van der Waals surface area (Å²) >= 11 is 0. The second-order valence-corrected chi connectivity index (χ2v) is 4.84. The lowest BCUT2D eigenvalue weighted by atomic mass is 9.92. The van der Waals surface area contributed by atoms with Crippen molar-refractivity contribution in [2.45, 2.75) is 45.6 Å². The summed E-state index contributed by atoms with van der Waals surface area (Å²) in [5, 5.41) is 0. The van der Waals surface area contributed by atoms with Crippen LogP contribution in [0.25, 0.3) is 0 Å². The van der Waals surface area contributed by atoms with Gasteiger partial charge in [-0.25, -0.2) is 0 Å². The van der Waals surface area contributed by atoms with E-state index in [0.29, 0.717) is 5.92 Å². The number of hydrogen-bond acceptors (Lipinski definition) is 2. The molecule has 1 rings (SSSR count). The monoisotopic (exact) mass is 235 g/mol. The van der Waals surface area contributed by atoms with Gasteiger partial charge in [0.1, 0.15) is 5.75 Å². The topological polar surface area (TPSA) is 35.2 Å². The number of hydrogen-bond donors (Lipinski definition) is 1. The minimum absolute atomic E-state index is 0.259. The molecule has 0 aliphatic heterocycles. The van der Waals surface area contributed by atoms with Gasteiger partial charge in [0.05, 0.1) is 7.11 Å². The molecule has 0 heterocycles. The van der Waals surface area contributed by atoms with E-state index in [4.69, 9.17) is 10.5 Å². The average molecular weight is 235 g/mol. The lowest BCUT2D eigenvalue weighted by Crippen LogP contribution is -2.30. The standard InChI is InChI=1S/C15H25NO/c1-4-5-6-12(2)15(16)11-13-7-9-14(17-3)10-8-13/h7-10,12,15H,4-6,11,16H2,1-3H3. The Balaban J connectivity index is 2.46. The maximum Gasteiger partial charge on any atom is 0.118 e. The molecule has 2 heteroatoms. The summed E-state index contributed by atoms with van der Waals surface area (Å²) in [5.41, 5.74) is 7.52. The Labute approximate surface area is 105 Å². The molecule has 17 heavy (non-hydrogen) atoms. The summed E-state index contributed by atoms with van der Waals surface area (Å²) in [5.74, 6) is 1.50. The van der Waals surface area contributed by atoms with Gasteiger partial charge in [-0.05, 0) is 36.5 Å². The van der Waals surface area contributed by atoms with Crippen molar-refractivity contribution in [3.8, 4) is 5.75 Å². The van der Waals surface area contributed by atoms with Crippen LogP contribution in [0.3, 0.4) is 0 Å². The van der Waals surface area contributed by atoms with E-state index in [2.05, 4.69) is 26.0 Å². The first-order chi connectivity index (χ1) is 8.17. The van der Waals surface area contributed by atoms with Crippen molar-refractivity contribution >= 4 is 0 Å². The summed E-state index contributed by atoms with van der Waals surface area (Å²) in [6.45, 7) is 4.48. The minimum atomic E-state index is 0.259. The fraction of sp³-hybridized carbons (Fsp3) is 0.600. The molecular weight excluding hydrogens is 210 g/mol. The lowest BCUT2D eigenvalue weighted by Gasteiger charge is -2.19. The normalized spacial score (nSPS) is 14.4. The van der Waals surface area contributed by atoms with Gasteiger partial charge in [0, 0.05) is 6.04 Å². The average Bonchev–Trinajstić information content (AvgIpc) is 2.36. The van der Waals surface area contributed by atoms with E-state index in [1.54, 1.807) is 7.11 Å². The third-order valence-corrected chi connectivity index (χ3v) is 3.37. The molecule has 1 aromatic rings. The van der Waals surface area contributed by atoms with E-state index in [1.165, 1.54) is 24.8 Å². The zero-order valence-electron chi connectivity index (χ0n) is 11.3. The molecule has 0 aromatic heterocycles. The quantitative estimate of drug-likeness (QED) is 0.786. The summed E-state index contributed by atoms with van der Waals surface area (Å²) < 4.78 is 5.14. The van der Waals surface area contributed by atoms with Gasteiger partial charge in [0.15, 0.2) is 0 Å². The van der Waals surface area contributed by atoms with Crippen LogP contribution in [0.5, 0.6) is 5.75 Å². The fourth-order valence-electron chi connectivity index (χ4n) is 1.98. The molecule has 0 saturated carbocycles. The number of ether oxygens (including phenoxy) is 1. The van der Waals surface area contributed by atoms with Crippen LogP contribution >= 0.6 is 0 Å². The van der Waals surface area contributed by atoms with Gasteiger partial charge in [0.25, 0.3) is 0 Å². The summed E-state index contributed by atoms with van der Waals surface area (Å²) in [4.78, 5) is 0. The van der Waals surface area contributed by atoms with Crippen molar-refractivity contribution in [1.82, 2.24) is 0 Å². The lowest BCUT2D eigenvalue weighted by molar-refractivity contribution is 0.408. The molecule has 2 unspecified atom stereocenters. The Bertz CT molecular complexity index is 307. The predicted octanol–water partition coefficient (Wildman–Crippen LogP) is 3.39. The second-order valence-electron chi connectivity index (χ2n) is 4.84. The highest BCUT2D eigenvalue weighted by Gasteiger charge is 2.12. The molecular formula is C15H25NO. The fourth-order valence-corrected chi connectivity index (χ4v) is 1.98. The number of nitrogens with two attached hydrogens (primary N) is 1. The van der Waals surface area contributed by atoms with Crippen LogP contribution in [0.2, 0.25) is 0 Å². The highest BCUT2D eigenvalue weighted by Crippen LogP contribution is 2.17. The number of benzene rings is 1. The first-order valence-electron chi connectivity index (χ1n) is 6.55. The number of methoxy groups -OCH3 is 1. The zero-order valence-corrected chi connectivity index (χ0v) is 11.3. The van der Waals surface area contributed by atoms with Crippen LogP contribution in [0.1, 0.15) is 38.7 Å². The van der Waals surface area contributed by atoms with E-state index >= 15 is 0 Å². The van der Waals surface area contributed by atoms with Crippen molar-refractivity contribution in [1.29, 1.82) is 0 Å². The van der Waals surface area contributed by atoms with E-state index in [9.17, 15) is 0 Å². The van der Waals surface area contributed by atoms with Crippen LogP contribution in [-0.4, -0.2) is 13.2 Å². The zero-order chi connectivity index (χ0) is 12.7. The van der Waals surface area contributed by atoms with Gasteiger partial charge in [-0.2, -0.15) is 0 Å². The molecule has 0 bridgehead atoms. The third kappa shape index (κ3) is 4.78. The van der Waals surface area contributed by atoms with Gasteiger partial charge in [-0.15, -0.1) is 0 Å². The van der Waals surface area contributed by atoms with Crippen LogP contribution in [-0.2, 0) is 6.42 Å². The molecule has 0 amide bonds. The molecule has 2 N–H and O–H groups in total. The maximum atomic E-state index is 6.23. The molecule has 2 atom stereocenters. The van der Waals surface area contributed by atoms with Gasteiger partial charge in [-0.3, -0.25) is 0 Å². The molecule has 2 nitrogen and oxygen atoms in total. The first kappa shape index (κ1) is 14.0. The third-order valence-electron chi connectivity index (χ3n) is 3.37. The highest BCUT2D eigenvalue weighted by molar-refractivity contribution is 5.27.